The maximum absolute atomic E-state index is 13.6. The molecule has 0 spiro atoms. The number of methoxy groups -OCH3 is 1. The summed E-state index contributed by atoms with van der Waals surface area (Å²) in [5, 5.41) is 12.0. The number of carbonyl (C=O) groups excluding carboxylic acids is 1. The van der Waals surface area contributed by atoms with Gasteiger partial charge in [-0.1, -0.05) is 30.3 Å². The maximum atomic E-state index is 13.6. The van der Waals surface area contributed by atoms with Crippen LogP contribution in [0.15, 0.2) is 66.6 Å². The number of aryl methyl sites for hydroxylation is 2. The standard InChI is InChI=1S/C33H35N3O4/c1-4-36-20-24(26-18-25(39-3)10-11-28(26)36)17-30-32(38)31-22(2)16-29(37)27(33(31)40-30)21-35-14-12-34(13-15-35)19-23-8-6-5-7-9-23/h5-11,16-18,20,37H,4,12-15,19,21H2,1-3H3/b30-17-. The van der Waals surface area contributed by atoms with E-state index in [9.17, 15) is 9.90 Å². The number of aromatic nitrogens is 1. The molecule has 4 aromatic rings. The van der Waals surface area contributed by atoms with Gasteiger partial charge in [0.1, 0.15) is 17.2 Å². The fraction of sp³-hybridized carbons (Fsp3) is 0.303. The molecule has 0 radical (unpaired) electrons. The first-order valence-electron chi connectivity index (χ1n) is 13.9. The SMILES string of the molecule is CCn1cc(/C=C2\Oc3c(CN4CCN(Cc5ccccc5)CC4)c(O)cc(C)c3C2=O)c2cc(OC)ccc21. The summed E-state index contributed by atoms with van der Waals surface area (Å²) in [6.45, 7) is 9.85. The van der Waals surface area contributed by atoms with E-state index >= 15 is 0 Å². The molecule has 1 saturated heterocycles. The number of Topliss-reactive ketones (excluding diaryl/α,β-unsaturated/α-hetero) is 1. The second-order valence-corrected chi connectivity index (χ2v) is 10.6. The molecule has 0 atom stereocenters. The van der Waals surface area contributed by atoms with Crippen LogP contribution in [0.3, 0.4) is 0 Å². The first kappa shape index (κ1) is 26.2. The fourth-order valence-corrected chi connectivity index (χ4v) is 5.85. The van der Waals surface area contributed by atoms with Gasteiger partial charge in [0.05, 0.1) is 18.2 Å². The zero-order chi connectivity index (χ0) is 27.8. The molecule has 7 nitrogen and oxygen atoms in total. The number of rotatable bonds is 7. The molecule has 7 heteroatoms. The topological polar surface area (TPSA) is 67.2 Å². The van der Waals surface area contributed by atoms with E-state index in [0.29, 0.717) is 23.4 Å². The highest BCUT2D eigenvalue weighted by molar-refractivity contribution is 6.16. The molecule has 2 aliphatic rings. The van der Waals surface area contributed by atoms with Gasteiger partial charge in [0.15, 0.2) is 5.76 Å². The largest absolute Gasteiger partial charge is 0.507 e. The lowest BCUT2D eigenvalue weighted by molar-refractivity contribution is 0.101. The van der Waals surface area contributed by atoms with Crippen LogP contribution in [-0.4, -0.2) is 58.5 Å². The predicted octanol–water partition coefficient (Wildman–Crippen LogP) is 5.62. The van der Waals surface area contributed by atoms with Crippen LogP contribution in [0.25, 0.3) is 17.0 Å². The normalized spacial score (nSPS) is 17.0. The third-order valence-electron chi connectivity index (χ3n) is 8.06. The van der Waals surface area contributed by atoms with Crippen molar-refractivity contribution < 1.29 is 19.4 Å². The first-order chi connectivity index (χ1) is 19.4. The highest BCUT2D eigenvalue weighted by atomic mass is 16.5. The molecule has 2 aliphatic heterocycles. The second kappa shape index (κ2) is 10.8. The van der Waals surface area contributed by atoms with Crippen LogP contribution in [0.2, 0.25) is 0 Å². The molecule has 206 valence electrons. The number of piperazine rings is 1. The predicted molar refractivity (Wildman–Crippen MR) is 157 cm³/mol. The first-order valence-corrected chi connectivity index (χ1v) is 13.9. The average Bonchev–Trinajstić information content (AvgIpc) is 3.49. The van der Waals surface area contributed by atoms with Gasteiger partial charge in [-0.25, -0.2) is 0 Å². The molecule has 1 N–H and O–H groups in total. The van der Waals surface area contributed by atoms with Gasteiger partial charge in [-0.2, -0.15) is 0 Å². The Kier molecular flexibility index (Phi) is 7.09. The molecule has 6 rings (SSSR count). The number of ether oxygens (including phenoxy) is 2. The smallest absolute Gasteiger partial charge is 0.232 e. The number of allylic oxidation sites excluding steroid dienone is 1. The van der Waals surface area contributed by atoms with Crippen molar-refractivity contribution >= 4 is 22.8 Å². The number of phenolic OH excluding ortho intramolecular Hbond substituents is 1. The van der Waals surface area contributed by atoms with Crippen molar-refractivity contribution in [1.82, 2.24) is 14.4 Å². The van der Waals surface area contributed by atoms with Crippen molar-refractivity contribution in [2.75, 3.05) is 33.3 Å². The number of benzene rings is 3. The Hall–Kier alpha value is -4.07. The summed E-state index contributed by atoms with van der Waals surface area (Å²) in [4.78, 5) is 18.4. The lowest BCUT2D eigenvalue weighted by Crippen LogP contribution is -2.45. The Morgan fingerprint density at radius 2 is 1.73 bits per heavy atom. The summed E-state index contributed by atoms with van der Waals surface area (Å²) in [5.74, 6) is 1.54. The minimum atomic E-state index is -0.151. The highest BCUT2D eigenvalue weighted by Crippen LogP contribution is 2.43. The zero-order valence-corrected chi connectivity index (χ0v) is 23.3. The quantitative estimate of drug-likeness (QED) is 0.309. The van der Waals surface area contributed by atoms with Gasteiger partial charge < -0.3 is 19.1 Å². The van der Waals surface area contributed by atoms with E-state index in [4.69, 9.17) is 9.47 Å². The van der Waals surface area contributed by atoms with Crippen molar-refractivity contribution in [3.05, 3.63) is 94.4 Å². The van der Waals surface area contributed by atoms with Gasteiger partial charge in [-0.3, -0.25) is 14.6 Å². The number of hydrogen-bond acceptors (Lipinski definition) is 6. The fourth-order valence-electron chi connectivity index (χ4n) is 5.85. The van der Waals surface area contributed by atoms with Crippen LogP contribution < -0.4 is 9.47 Å². The molecule has 0 bridgehead atoms. The minimum Gasteiger partial charge on any atom is -0.507 e. The third kappa shape index (κ3) is 4.87. The van der Waals surface area contributed by atoms with Crippen LogP contribution in [0, 0.1) is 6.92 Å². The molecule has 40 heavy (non-hydrogen) atoms. The summed E-state index contributed by atoms with van der Waals surface area (Å²) in [7, 11) is 1.65. The Labute approximate surface area is 234 Å². The van der Waals surface area contributed by atoms with Crippen LogP contribution in [-0.2, 0) is 19.6 Å². The lowest BCUT2D eigenvalue weighted by atomic mass is 9.99. The van der Waals surface area contributed by atoms with Gasteiger partial charge in [0, 0.05) is 68.5 Å². The van der Waals surface area contributed by atoms with E-state index in [1.54, 1.807) is 13.2 Å². The maximum Gasteiger partial charge on any atom is 0.232 e. The van der Waals surface area contributed by atoms with Crippen molar-refractivity contribution in [1.29, 1.82) is 0 Å². The average molecular weight is 538 g/mol. The highest BCUT2D eigenvalue weighted by Gasteiger charge is 2.34. The minimum absolute atomic E-state index is 0.151. The van der Waals surface area contributed by atoms with E-state index in [1.807, 2.05) is 43.5 Å². The summed E-state index contributed by atoms with van der Waals surface area (Å²) < 4.78 is 13.9. The van der Waals surface area contributed by atoms with Gasteiger partial charge >= 0.3 is 0 Å². The monoisotopic (exact) mass is 537 g/mol. The van der Waals surface area contributed by atoms with E-state index in [1.165, 1.54) is 5.56 Å². The van der Waals surface area contributed by atoms with E-state index in [0.717, 1.165) is 67.0 Å². The summed E-state index contributed by atoms with van der Waals surface area (Å²) in [6, 6.07) is 18.2. The van der Waals surface area contributed by atoms with Gasteiger partial charge in [0.25, 0.3) is 0 Å². The van der Waals surface area contributed by atoms with Gasteiger partial charge in [0.2, 0.25) is 5.78 Å². The van der Waals surface area contributed by atoms with Crippen LogP contribution in [0.4, 0.5) is 0 Å². The molecule has 0 unspecified atom stereocenters. The number of phenols is 1. The van der Waals surface area contributed by atoms with Gasteiger partial charge in [-0.15, -0.1) is 0 Å². The third-order valence-corrected chi connectivity index (χ3v) is 8.06. The summed E-state index contributed by atoms with van der Waals surface area (Å²) in [5.41, 5.74) is 5.21. The molecular weight excluding hydrogens is 502 g/mol. The number of carbonyl (C=O) groups is 1. The van der Waals surface area contributed by atoms with Gasteiger partial charge in [-0.05, 0) is 55.3 Å². The molecule has 1 aromatic heterocycles. The van der Waals surface area contributed by atoms with Crippen molar-refractivity contribution in [3.63, 3.8) is 0 Å². The van der Waals surface area contributed by atoms with Crippen molar-refractivity contribution in [3.8, 4) is 17.2 Å². The molecule has 0 amide bonds. The number of hydrogen-bond donors (Lipinski definition) is 1. The molecule has 1 fully saturated rings. The van der Waals surface area contributed by atoms with E-state index in [-0.39, 0.29) is 17.3 Å². The van der Waals surface area contributed by atoms with E-state index < -0.39 is 0 Å². The lowest BCUT2D eigenvalue weighted by Gasteiger charge is -2.35. The number of nitrogens with zero attached hydrogens (tertiary/aromatic N) is 3. The number of aromatic hydroxyl groups is 1. The summed E-state index contributed by atoms with van der Waals surface area (Å²) in [6.07, 6.45) is 3.86. The molecule has 0 saturated carbocycles. The Balaban J connectivity index is 1.25. The number of fused-ring (bicyclic) bond motifs is 2. The molecule has 3 aromatic carbocycles. The van der Waals surface area contributed by atoms with Crippen LogP contribution >= 0.6 is 0 Å². The Morgan fingerprint density at radius 3 is 2.42 bits per heavy atom. The molecular formula is C33H35N3O4. The number of ketones is 1. The Bertz CT molecular complexity index is 1600. The zero-order valence-electron chi connectivity index (χ0n) is 23.3. The Morgan fingerprint density at radius 1 is 1.00 bits per heavy atom. The van der Waals surface area contributed by atoms with E-state index in [2.05, 4.69) is 45.6 Å². The molecule has 3 heterocycles. The second-order valence-electron chi connectivity index (χ2n) is 10.6. The van der Waals surface area contributed by atoms with Crippen molar-refractivity contribution in [2.24, 2.45) is 0 Å². The molecule has 0 aliphatic carbocycles. The van der Waals surface area contributed by atoms with Crippen molar-refractivity contribution in [2.45, 2.75) is 33.5 Å². The van der Waals surface area contributed by atoms with Crippen LogP contribution in [0.5, 0.6) is 17.2 Å². The van der Waals surface area contributed by atoms with Crippen LogP contribution in [0.1, 0.15) is 39.5 Å². The summed E-state index contributed by atoms with van der Waals surface area (Å²) >= 11 is 0.